The second-order valence-corrected chi connectivity index (χ2v) is 17.5. The number of likely N-dealkylation sites (N-methyl/N-ethyl adjacent to an activating group) is 1. The van der Waals surface area contributed by atoms with Crippen molar-refractivity contribution in [3.63, 3.8) is 0 Å². The minimum Gasteiger partial charge on any atom is -0.462 e. The van der Waals surface area contributed by atoms with E-state index in [1.807, 2.05) is 33.3 Å². The van der Waals surface area contributed by atoms with Crippen LogP contribution in [-0.2, 0) is 32.7 Å². The number of nitrogens with zero attached hydrogens (tertiary/aromatic N) is 1. The summed E-state index contributed by atoms with van der Waals surface area (Å²) in [5, 5.41) is 0. The van der Waals surface area contributed by atoms with Gasteiger partial charge >= 0.3 is 19.8 Å². The monoisotopic (exact) mass is 859 g/mol. The van der Waals surface area contributed by atoms with Gasteiger partial charge in [-0.1, -0.05) is 156 Å². The highest BCUT2D eigenvalue weighted by Gasteiger charge is 2.27. The molecule has 10 heteroatoms. The van der Waals surface area contributed by atoms with Crippen molar-refractivity contribution < 1.29 is 42.1 Å². The molecule has 2 atom stereocenters. The zero-order chi connectivity index (χ0) is 44.3. The third-order valence-corrected chi connectivity index (χ3v) is 10.1. The molecule has 0 heterocycles. The number of unbranched alkanes of at least 4 members (excludes halogenated alkanes) is 10. The molecular formula is C50H85NO8P+. The molecule has 9 nitrogen and oxygen atoms in total. The van der Waals surface area contributed by atoms with Crippen molar-refractivity contribution in [2.45, 2.75) is 161 Å². The molecule has 0 bridgehead atoms. The Balaban J connectivity index is 4.49. The van der Waals surface area contributed by atoms with Crippen LogP contribution in [0.4, 0.5) is 0 Å². The van der Waals surface area contributed by atoms with Crippen molar-refractivity contribution in [2.75, 3.05) is 47.5 Å². The highest BCUT2D eigenvalue weighted by atomic mass is 31.2. The van der Waals surface area contributed by atoms with Crippen molar-refractivity contribution >= 4 is 19.8 Å². The first-order chi connectivity index (χ1) is 29.0. The number of esters is 2. The number of carbonyl (C=O) groups excluding carboxylic acids is 2. The van der Waals surface area contributed by atoms with Gasteiger partial charge in [0.25, 0.3) is 0 Å². The molecule has 0 saturated heterocycles. The van der Waals surface area contributed by atoms with Crippen LogP contribution in [0.3, 0.4) is 0 Å². The number of carbonyl (C=O) groups is 2. The van der Waals surface area contributed by atoms with Gasteiger partial charge in [-0.05, 0) is 83.5 Å². The van der Waals surface area contributed by atoms with Gasteiger partial charge in [-0.25, -0.2) is 4.57 Å². The van der Waals surface area contributed by atoms with Gasteiger partial charge in [0, 0.05) is 12.8 Å². The SMILES string of the molecule is CC/C=C/C/C=C/C/C=C/C/C=C/C/C=C/C/C=C/CCC(=O)OC[C@H](COP(=O)(O)OCC[N+](C)(C)C)OC(=O)CCCCCCCCC/C=C/C/C=C/CCCCC. The van der Waals surface area contributed by atoms with Gasteiger partial charge in [0.1, 0.15) is 19.8 Å². The number of rotatable bonds is 40. The molecule has 0 saturated carbocycles. The van der Waals surface area contributed by atoms with Crippen LogP contribution >= 0.6 is 7.82 Å². The molecule has 0 radical (unpaired) electrons. The molecule has 1 unspecified atom stereocenters. The van der Waals surface area contributed by atoms with Crippen molar-refractivity contribution in [3.05, 3.63) is 97.2 Å². The maximum atomic E-state index is 12.7. The van der Waals surface area contributed by atoms with Crippen LogP contribution in [-0.4, -0.2) is 74.9 Å². The van der Waals surface area contributed by atoms with E-state index in [4.69, 9.17) is 18.5 Å². The molecule has 0 aliphatic carbocycles. The summed E-state index contributed by atoms with van der Waals surface area (Å²) in [4.78, 5) is 35.4. The maximum absolute atomic E-state index is 12.7. The molecule has 0 spiro atoms. The Hall–Kier alpha value is -3.07. The summed E-state index contributed by atoms with van der Waals surface area (Å²) in [5.74, 6) is -0.915. The predicted molar refractivity (Wildman–Crippen MR) is 252 cm³/mol. The zero-order valence-electron chi connectivity index (χ0n) is 38.4. The molecule has 0 rings (SSSR count). The summed E-state index contributed by atoms with van der Waals surface area (Å²) in [7, 11) is 1.42. The summed E-state index contributed by atoms with van der Waals surface area (Å²) in [5.41, 5.74) is 0. The standard InChI is InChI=1S/C50H84NO8P/c1-6-8-10-12-14-16-18-20-22-24-25-27-28-30-32-34-36-38-40-42-49(52)56-46-48(47-58-60(54,55)57-45-44-51(3,4)5)59-50(53)43-41-39-37-35-33-31-29-26-23-21-19-17-15-13-11-9-7-2/h8,10,14-17,20-23,25,27,30,32,36,38,48H,6-7,9,11-13,18-19,24,26,28-29,31,33-35,37,39-47H2,1-5H3/p+1/b10-8+,16-14+,17-15+,22-20+,23-21+,27-25+,32-30+,38-36+/t48-/m1/s1. The highest BCUT2D eigenvalue weighted by Crippen LogP contribution is 2.43. The normalized spacial score (nSPS) is 14.4. The minimum absolute atomic E-state index is 0.0134. The zero-order valence-corrected chi connectivity index (χ0v) is 39.3. The first kappa shape index (κ1) is 56.9. The topological polar surface area (TPSA) is 108 Å². The van der Waals surface area contributed by atoms with Crippen LogP contribution in [0.5, 0.6) is 0 Å². The van der Waals surface area contributed by atoms with E-state index in [9.17, 15) is 19.0 Å². The summed E-state index contributed by atoms with van der Waals surface area (Å²) < 4.78 is 34.2. The Bertz CT molecular complexity index is 1340. The number of allylic oxidation sites excluding steroid dienone is 16. The number of quaternary nitrogens is 1. The van der Waals surface area contributed by atoms with Crippen molar-refractivity contribution in [1.82, 2.24) is 0 Å². The molecule has 342 valence electrons. The molecule has 0 fully saturated rings. The van der Waals surface area contributed by atoms with Crippen LogP contribution in [0.1, 0.15) is 155 Å². The van der Waals surface area contributed by atoms with E-state index in [2.05, 4.69) is 98.9 Å². The summed E-state index contributed by atoms with van der Waals surface area (Å²) >= 11 is 0. The average Bonchev–Trinajstić information content (AvgIpc) is 3.20. The van der Waals surface area contributed by atoms with Gasteiger partial charge in [-0.2, -0.15) is 0 Å². The van der Waals surface area contributed by atoms with Gasteiger partial charge < -0.3 is 18.9 Å². The summed E-state index contributed by atoms with van der Waals surface area (Å²) in [6, 6.07) is 0. The number of phosphoric acid groups is 1. The fraction of sp³-hybridized carbons (Fsp3) is 0.640. The molecule has 0 aromatic rings. The Labute approximate surface area is 366 Å². The van der Waals surface area contributed by atoms with E-state index in [1.165, 1.54) is 44.9 Å². The molecule has 0 amide bonds. The first-order valence-corrected chi connectivity index (χ1v) is 24.5. The fourth-order valence-electron chi connectivity index (χ4n) is 5.54. The minimum atomic E-state index is -4.40. The van der Waals surface area contributed by atoms with Gasteiger partial charge in [-0.3, -0.25) is 18.6 Å². The quantitative estimate of drug-likeness (QED) is 0.0213. The third-order valence-electron chi connectivity index (χ3n) is 9.11. The van der Waals surface area contributed by atoms with E-state index in [1.54, 1.807) is 0 Å². The van der Waals surface area contributed by atoms with Crippen LogP contribution in [0.2, 0.25) is 0 Å². The van der Waals surface area contributed by atoms with E-state index in [-0.39, 0.29) is 26.1 Å². The average molecular weight is 859 g/mol. The van der Waals surface area contributed by atoms with Gasteiger partial charge in [0.05, 0.1) is 27.7 Å². The lowest BCUT2D eigenvalue weighted by molar-refractivity contribution is -0.870. The molecule has 0 aromatic heterocycles. The Morgan fingerprint density at radius 1 is 0.533 bits per heavy atom. The summed E-state index contributed by atoms with van der Waals surface area (Å²) in [6.45, 7) is 4.17. The largest absolute Gasteiger partial charge is 0.472 e. The fourth-order valence-corrected chi connectivity index (χ4v) is 6.28. The summed E-state index contributed by atoms with van der Waals surface area (Å²) in [6.07, 6.45) is 54.7. The van der Waals surface area contributed by atoms with Gasteiger partial charge in [0.2, 0.25) is 0 Å². The number of hydrogen-bond donors (Lipinski definition) is 1. The number of phosphoric ester groups is 1. The number of ether oxygens (including phenoxy) is 2. The van der Waals surface area contributed by atoms with Crippen molar-refractivity contribution in [3.8, 4) is 0 Å². The lowest BCUT2D eigenvalue weighted by Gasteiger charge is -2.24. The van der Waals surface area contributed by atoms with Gasteiger partial charge in [0.15, 0.2) is 6.10 Å². The molecule has 0 aliphatic heterocycles. The van der Waals surface area contributed by atoms with Crippen molar-refractivity contribution in [1.29, 1.82) is 0 Å². The van der Waals surface area contributed by atoms with Crippen molar-refractivity contribution in [2.24, 2.45) is 0 Å². The highest BCUT2D eigenvalue weighted by molar-refractivity contribution is 7.47. The van der Waals surface area contributed by atoms with Crippen LogP contribution in [0, 0.1) is 0 Å². The van der Waals surface area contributed by atoms with Crippen LogP contribution in [0.25, 0.3) is 0 Å². The Morgan fingerprint density at radius 3 is 1.48 bits per heavy atom. The molecule has 0 aliphatic rings. The predicted octanol–water partition coefficient (Wildman–Crippen LogP) is 13.4. The van der Waals surface area contributed by atoms with Crippen LogP contribution < -0.4 is 0 Å². The Kier molecular flexibility index (Phi) is 39.2. The molecule has 60 heavy (non-hydrogen) atoms. The molecular weight excluding hydrogens is 774 g/mol. The maximum Gasteiger partial charge on any atom is 0.472 e. The van der Waals surface area contributed by atoms with E-state index in [0.717, 1.165) is 70.6 Å². The molecule has 1 N–H and O–H groups in total. The van der Waals surface area contributed by atoms with Crippen LogP contribution in [0.15, 0.2) is 97.2 Å². The van der Waals surface area contributed by atoms with E-state index >= 15 is 0 Å². The second kappa shape index (κ2) is 41.3. The lowest BCUT2D eigenvalue weighted by Crippen LogP contribution is -2.37. The first-order valence-electron chi connectivity index (χ1n) is 23.0. The Morgan fingerprint density at radius 2 is 0.983 bits per heavy atom. The van der Waals surface area contributed by atoms with E-state index < -0.39 is 32.5 Å². The smallest absolute Gasteiger partial charge is 0.462 e. The lowest BCUT2D eigenvalue weighted by atomic mass is 10.1. The second-order valence-electron chi connectivity index (χ2n) is 16.0. The molecule has 0 aromatic carbocycles. The van der Waals surface area contributed by atoms with E-state index in [0.29, 0.717) is 23.9 Å². The van der Waals surface area contributed by atoms with Gasteiger partial charge in [-0.15, -0.1) is 0 Å². The third kappa shape index (κ3) is 44.5. The number of hydrogen-bond acceptors (Lipinski definition) is 7.